The molecule has 0 aliphatic rings. The summed E-state index contributed by atoms with van der Waals surface area (Å²) in [6.07, 6.45) is 1.48. The molecule has 0 saturated heterocycles. The zero-order valence-electron chi connectivity index (χ0n) is 5.77. The maximum Gasteiger partial charge on any atom is 0.330 e. The van der Waals surface area contributed by atoms with Gasteiger partial charge >= 0.3 is 5.97 Å². The molecule has 0 aliphatic carbocycles. The highest BCUT2D eigenvalue weighted by molar-refractivity contribution is 6.67. The Morgan fingerprint density at radius 3 is 2.27 bits per heavy atom. The summed E-state index contributed by atoms with van der Waals surface area (Å²) in [6.45, 7) is 1.44. The van der Waals surface area contributed by atoms with E-state index in [2.05, 4.69) is 0 Å². The normalized spacial score (nSPS) is 13.3. The molecule has 0 heterocycles. The molecule has 0 fully saturated rings. The summed E-state index contributed by atoms with van der Waals surface area (Å²) >= 11 is 16.1. The molecule has 0 spiro atoms. The summed E-state index contributed by atoms with van der Waals surface area (Å²) in [6, 6.07) is 0. The second kappa shape index (κ2) is 4.19. The molecule has 64 valence electrons. The molecule has 0 aromatic heterocycles. The monoisotopic (exact) mass is 216 g/mol. The minimum atomic E-state index is -1.41. The highest BCUT2D eigenvalue weighted by Gasteiger charge is 2.17. The highest BCUT2D eigenvalue weighted by Crippen LogP contribution is 2.30. The fourth-order valence-corrected chi connectivity index (χ4v) is 0.588. The van der Waals surface area contributed by atoms with Crippen LogP contribution >= 0.6 is 34.8 Å². The van der Waals surface area contributed by atoms with E-state index in [0.29, 0.717) is 0 Å². The molecule has 0 rings (SSSR count). The molecule has 0 aromatic rings. The number of hydrogen-bond donors (Lipinski definition) is 1. The zero-order valence-corrected chi connectivity index (χ0v) is 8.04. The number of aliphatic carboxylic acids is 1. The van der Waals surface area contributed by atoms with Crippen molar-refractivity contribution in [2.75, 3.05) is 0 Å². The Morgan fingerprint density at radius 1 is 1.55 bits per heavy atom. The fraction of sp³-hybridized carbons (Fsp3) is 0.500. The third kappa shape index (κ3) is 6.48. The first-order chi connectivity index (χ1) is 4.83. The minimum absolute atomic E-state index is 0.107. The predicted octanol–water partition coefficient (Wildman–Crippen LogP) is 2.78. The van der Waals surface area contributed by atoms with E-state index in [1.807, 2.05) is 0 Å². The number of alkyl halides is 3. The van der Waals surface area contributed by atoms with Gasteiger partial charge in [0.2, 0.25) is 0 Å². The Morgan fingerprint density at radius 2 is 2.00 bits per heavy atom. The second-order valence-electron chi connectivity index (χ2n) is 2.01. The summed E-state index contributed by atoms with van der Waals surface area (Å²) < 4.78 is -1.41. The van der Waals surface area contributed by atoms with E-state index in [4.69, 9.17) is 39.9 Å². The lowest BCUT2D eigenvalue weighted by Crippen LogP contribution is -2.02. The van der Waals surface area contributed by atoms with E-state index in [9.17, 15) is 4.79 Å². The van der Waals surface area contributed by atoms with Crippen LogP contribution in [0, 0.1) is 0 Å². The van der Waals surface area contributed by atoms with Crippen molar-refractivity contribution >= 4 is 40.8 Å². The molecule has 0 aromatic carbocycles. The topological polar surface area (TPSA) is 37.3 Å². The van der Waals surface area contributed by atoms with Gasteiger partial charge in [0.25, 0.3) is 0 Å². The van der Waals surface area contributed by atoms with E-state index in [-0.39, 0.29) is 12.0 Å². The standard InChI is InChI=1S/C6H7Cl3O2/c1-4(5(10)11)2-3-6(7,8)9/h2H,3H2,1H3,(H,10,11)/b4-2+. The molecule has 11 heavy (non-hydrogen) atoms. The van der Waals surface area contributed by atoms with Crippen molar-refractivity contribution < 1.29 is 9.90 Å². The molecular formula is C6H7Cl3O2. The van der Waals surface area contributed by atoms with Crippen molar-refractivity contribution in [1.29, 1.82) is 0 Å². The number of halogens is 3. The van der Waals surface area contributed by atoms with Gasteiger partial charge in [-0.05, 0) is 6.92 Å². The molecule has 5 heteroatoms. The number of allylic oxidation sites excluding steroid dienone is 1. The number of carbonyl (C=O) groups is 1. The van der Waals surface area contributed by atoms with Crippen molar-refractivity contribution in [3.63, 3.8) is 0 Å². The molecule has 1 N–H and O–H groups in total. The summed E-state index contributed by atoms with van der Waals surface area (Å²) in [5, 5.41) is 8.38. The van der Waals surface area contributed by atoms with Gasteiger partial charge in [0.1, 0.15) is 0 Å². The van der Waals surface area contributed by atoms with E-state index in [0.717, 1.165) is 0 Å². The third-order valence-electron chi connectivity index (χ3n) is 0.977. The molecule has 0 amide bonds. The molecular weight excluding hydrogens is 210 g/mol. The van der Waals surface area contributed by atoms with Crippen molar-refractivity contribution in [1.82, 2.24) is 0 Å². The number of carboxylic acid groups (broad SMARTS) is 1. The summed E-state index contributed by atoms with van der Waals surface area (Å²) in [5.74, 6) is -1.00. The van der Waals surface area contributed by atoms with Crippen molar-refractivity contribution in [3.8, 4) is 0 Å². The van der Waals surface area contributed by atoms with Gasteiger partial charge in [-0.1, -0.05) is 40.9 Å². The van der Waals surface area contributed by atoms with Gasteiger partial charge in [-0.25, -0.2) is 4.79 Å². The Bertz CT molecular complexity index is 181. The van der Waals surface area contributed by atoms with Crippen LogP contribution in [0.1, 0.15) is 13.3 Å². The van der Waals surface area contributed by atoms with Crippen molar-refractivity contribution in [3.05, 3.63) is 11.6 Å². The molecule has 2 nitrogen and oxygen atoms in total. The van der Waals surface area contributed by atoms with Crippen LogP contribution in [0.25, 0.3) is 0 Å². The molecule has 0 atom stereocenters. The van der Waals surface area contributed by atoms with Crippen LogP contribution < -0.4 is 0 Å². The minimum Gasteiger partial charge on any atom is -0.478 e. The van der Waals surface area contributed by atoms with Crippen molar-refractivity contribution in [2.45, 2.75) is 17.1 Å². The third-order valence-corrected chi connectivity index (χ3v) is 1.44. The van der Waals surface area contributed by atoms with Crippen LogP contribution in [0.2, 0.25) is 0 Å². The van der Waals surface area contributed by atoms with Gasteiger partial charge in [0, 0.05) is 12.0 Å². The molecule has 0 radical (unpaired) electrons. The maximum atomic E-state index is 10.2. The molecule has 0 saturated carbocycles. The fourth-order valence-electron chi connectivity index (χ4n) is 0.356. The van der Waals surface area contributed by atoms with Crippen LogP contribution in [0.3, 0.4) is 0 Å². The van der Waals surface area contributed by atoms with Crippen LogP contribution in [0.15, 0.2) is 11.6 Å². The predicted molar refractivity (Wildman–Crippen MR) is 46.3 cm³/mol. The zero-order chi connectivity index (χ0) is 9.07. The second-order valence-corrected chi connectivity index (χ2v) is 4.53. The van der Waals surface area contributed by atoms with E-state index in [1.54, 1.807) is 0 Å². The van der Waals surface area contributed by atoms with E-state index < -0.39 is 9.76 Å². The Labute approximate surface area is 79.7 Å². The summed E-state index contributed by atoms with van der Waals surface area (Å²) in [7, 11) is 0. The van der Waals surface area contributed by atoms with E-state index in [1.165, 1.54) is 13.0 Å². The first-order valence-electron chi connectivity index (χ1n) is 2.80. The average molecular weight is 217 g/mol. The maximum absolute atomic E-state index is 10.2. The van der Waals surface area contributed by atoms with E-state index >= 15 is 0 Å². The first-order valence-corrected chi connectivity index (χ1v) is 3.93. The number of rotatable bonds is 2. The van der Waals surface area contributed by atoms with Gasteiger partial charge < -0.3 is 5.11 Å². The quantitative estimate of drug-likeness (QED) is 0.570. The molecule has 0 unspecified atom stereocenters. The van der Waals surface area contributed by atoms with Gasteiger partial charge in [-0.2, -0.15) is 0 Å². The van der Waals surface area contributed by atoms with Gasteiger partial charge in [-0.15, -0.1) is 0 Å². The number of carboxylic acids is 1. The largest absolute Gasteiger partial charge is 0.478 e. The number of hydrogen-bond acceptors (Lipinski definition) is 1. The molecule has 0 bridgehead atoms. The van der Waals surface area contributed by atoms with Crippen LogP contribution in [-0.4, -0.2) is 14.9 Å². The SMILES string of the molecule is C/C(=C\CC(Cl)(Cl)Cl)C(=O)O. The van der Waals surface area contributed by atoms with Gasteiger partial charge in [-0.3, -0.25) is 0 Å². The van der Waals surface area contributed by atoms with Crippen LogP contribution in [0.5, 0.6) is 0 Å². The lowest BCUT2D eigenvalue weighted by molar-refractivity contribution is -0.132. The van der Waals surface area contributed by atoms with Crippen molar-refractivity contribution in [2.24, 2.45) is 0 Å². The lowest BCUT2D eigenvalue weighted by atomic mass is 10.2. The van der Waals surface area contributed by atoms with Gasteiger partial charge in [0.05, 0.1) is 0 Å². The molecule has 0 aliphatic heterocycles. The Hall–Kier alpha value is 0.0800. The smallest absolute Gasteiger partial charge is 0.330 e. The van der Waals surface area contributed by atoms with Crippen LogP contribution in [-0.2, 0) is 4.79 Å². The summed E-state index contributed by atoms with van der Waals surface area (Å²) in [5.41, 5.74) is 0.177. The Balaban J connectivity index is 4.04. The average Bonchev–Trinajstić information content (AvgIpc) is 1.80. The lowest BCUT2D eigenvalue weighted by Gasteiger charge is -2.05. The summed E-state index contributed by atoms with van der Waals surface area (Å²) in [4.78, 5) is 10.2. The van der Waals surface area contributed by atoms with Gasteiger partial charge in [0.15, 0.2) is 3.79 Å². The highest BCUT2D eigenvalue weighted by atomic mass is 35.6. The Kier molecular flexibility index (Phi) is 4.22. The van der Waals surface area contributed by atoms with Crippen LogP contribution in [0.4, 0.5) is 0 Å². The first kappa shape index (κ1) is 11.1.